The van der Waals surface area contributed by atoms with Crippen LogP contribution in [0.4, 0.5) is 0 Å². The smallest absolute Gasteiger partial charge is 0.258 e. The van der Waals surface area contributed by atoms with Crippen LogP contribution in [0.1, 0.15) is 22.2 Å². The lowest BCUT2D eigenvalue weighted by molar-refractivity contribution is -0.123. The number of rotatable bonds is 6. The van der Waals surface area contributed by atoms with E-state index in [9.17, 15) is 4.79 Å². The van der Waals surface area contributed by atoms with Crippen LogP contribution >= 0.6 is 11.3 Å². The van der Waals surface area contributed by atoms with Gasteiger partial charge < -0.3 is 10.1 Å². The molecule has 2 aromatic carbocycles. The van der Waals surface area contributed by atoms with Crippen molar-refractivity contribution in [1.29, 1.82) is 0 Å². The normalized spacial score (nSPS) is 11.7. The van der Waals surface area contributed by atoms with Gasteiger partial charge in [-0.15, -0.1) is 11.3 Å². The van der Waals surface area contributed by atoms with Gasteiger partial charge in [0.25, 0.3) is 5.91 Å². The highest BCUT2D eigenvalue weighted by Gasteiger charge is 2.19. The number of benzene rings is 2. The summed E-state index contributed by atoms with van der Waals surface area (Å²) in [6.45, 7) is 1.96. The van der Waals surface area contributed by atoms with Crippen LogP contribution in [0.3, 0.4) is 0 Å². The van der Waals surface area contributed by atoms with E-state index in [0.29, 0.717) is 5.75 Å². The number of carbonyl (C=O) groups is 1. The Morgan fingerprint density at radius 3 is 2.75 bits per heavy atom. The maximum atomic E-state index is 12.3. The number of ether oxygens (including phenoxy) is 1. The number of nitrogens with zero attached hydrogens (tertiary/aromatic N) is 1. The first-order valence-corrected chi connectivity index (χ1v) is 8.53. The van der Waals surface area contributed by atoms with Gasteiger partial charge in [0.05, 0.1) is 0 Å². The molecule has 24 heavy (non-hydrogen) atoms. The van der Waals surface area contributed by atoms with E-state index in [0.717, 1.165) is 16.1 Å². The molecule has 0 aliphatic rings. The van der Waals surface area contributed by atoms with Crippen LogP contribution in [0.15, 0.2) is 66.2 Å². The fraction of sp³-hybridized carbons (Fsp3) is 0.158. The van der Waals surface area contributed by atoms with E-state index in [-0.39, 0.29) is 18.6 Å². The van der Waals surface area contributed by atoms with Crippen LogP contribution in [-0.4, -0.2) is 17.5 Å². The molecule has 0 aliphatic carbocycles. The molecule has 1 heterocycles. The number of amides is 1. The van der Waals surface area contributed by atoms with Gasteiger partial charge in [-0.25, -0.2) is 4.98 Å². The first kappa shape index (κ1) is 16.2. The lowest BCUT2D eigenvalue weighted by atomic mass is 10.1. The second-order valence-electron chi connectivity index (χ2n) is 5.39. The summed E-state index contributed by atoms with van der Waals surface area (Å²) < 4.78 is 5.57. The van der Waals surface area contributed by atoms with Crippen LogP contribution in [0.2, 0.25) is 0 Å². The number of aromatic nitrogens is 1. The fourth-order valence-electron chi connectivity index (χ4n) is 2.37. The predicted octanol–water partition coefficient (Wildman–Crippen LogP) is 3.74. The minimum absolute atomic E-state index is 0.0296. The van der Waals surface area contributed by atoms with E-state index in [4.69, 9.17) is 4.74 Å². The first-order valence-electron chi connectivity index (χ1n) is 7.65. The van der Waals surface area contributed by atoms with E-state index < -0.39 is 0 Å². The molecule has 0 bridgehead atoms. The van der Waals surface area contributed by atoms with Gasteiger partial charge >= 0.3 is 0 Å². The molecule has 3 rings (SSSR count). The van der Waals surface area contributed by atoms with Gasteiger partial charge in [-0.3, -0.25) is 4.79 Å². The van der Waals surface area contributed by atoms with E-state index >= 15 is 0 Å². The molecule has 0 saturated carbocycles. The van der Waals surface area contributed by atoms with Crippen molar-refractivity contribution in [3.05, 3.63) is 82.3 Å². The van der Waals surface area contributed by atoms with Gasteiger partial charge in [0.2, 0.25) is 0 Å². The zero-order valence-electron chi connectivity index (χ0n) is 13.3. The number of aryl methyl sites for hydroxylation is 1. The second kappa shape index (κ2) is 7.75. The minimum atomic E-state index is -0.264. The highest BCUT2D eigenvalue weighted by Crippen LogP contribution is 2.23. The van der Waals surface area contributed by atoms with Crippen LogP contribution in [-0.2, 0) is 4.79 Å². The molecule has 1 amide bonds. The van der Waals surface area contributed by atoms with E-state index in [2.05, 4.69) is 10.3 Å². The third kappa shape index (κ3) is 4.20. The topological polar surface area (TPSA) is 51.2 Å². The van der Waals surface area contributed by atoms with Crippen LogP contribution < -0.4 is 10.1 Å². The Kier molecular flexibility index (Phi) is 5.23. The maximum Gasteiger partial charge on any atom is 0.258 e. The highest BCUT2D eigenvalue weighted by atomic mass is 32.1. The molecule has 0 fully saturated rings. The van der Waals surface area contributed by atoms with Crippen molar-refractivity contribution in [2.75, 3.05) is 6.61 Å². The van der Waals surface area contributed by atoms with Crippen LogP contribution in [0, 0.1) is 6.92 Å². The zero-order chi connectivity index (χ0) is 16.8. The van der Waals surface area contributed by atoms with Crippen molar-refractivity contribution in [3.63, 3.8) is 0 Å². The Bertz CT molecular complexity index is 788. The summed E-state index contributed by atoms with van der Waals surface area (Å²) in [5.41, 5.74) is 2.09. The third-order valence-electron chi connectivity index (χ3n) is 3.50. The molecule has 0 aliphatic heterocycles. The first-order chi connectivity index (χ1) is 11.7. The Balaban J connectivity index is 1.68. The highest BCUT2D eigenvalue weighted by molar-refractivity contribution is 7.09. The van der Waals surface area contributed by atoms with Gasteiger partial charge in [0.15, 0.2) is 6.61 Å². The largest absolute Gasteiger partial charge is 0.484 e. The quantitative estimate of drug-likeness (QED) is 0.745. The molecule has 1 atom stereocenters. The van der Waals surface area contributed by atoms with E-state index in [1.807, 2.05) is 66.9 Å². The van der Waals surface area contributed by atoms with Crippen LogP contribution in [0.5, 0.6) is 5.75 Å². The van der Waals surface area contributed by atoms with Crippen molar-refractivity contribution in [2.45, 2.75) is 13.0 Å². The summed E-state index contributed by atoms with van der Waals surface area (Å²) in [7, 11) is 0. The summed E-state index contributed by atoms with van der Waals surface area (Å²) in [5.74, 6) is 0.510. The molecule has 1 N–H and O–H groups in total. The Morgan fingerprint density at radius 1 is 1.21 bits per heavy atom. The SMILES string of the molecule is Cc1cccc(OCC(=O)N[C@@H](c2ccccc2)c2nccs2)c1. The maximum absolute atomic E-state index is 12.3. The van der Waals surface area contributed by atoms with Gasteiger partial charge in [0.1, 0.15) is 16.8 Å². The second-order valence-corrected chi connectivity index (χ2v) is 6.31. The molecule has 0 spiro atoms. The van der Waals surface area contributed by atoms with Gasteiger partial charge in [-0.1, -0.05) is 42.5 Å². The summed E-state index contributed by atoms with van der Waals surface area (Å²) in [4.78, 5) is 16.7. The Morgan fingerprint density at radius 2 is 2.04 bits per heavy atom. The average Bonchev–Trinajstić information content (AvgIpc) is 3.13. The monoisotopic (exact) mass is 338 g/mol. The number of thiazole rings is 1. The number of carbonyl (C=O) groups excluding carboxylic acids is 1. The molecule has 0 radical (unpaired) electrons. The third-order valence-corrected chi connectivity index (χ3v) is 4.34. The molecular formula is C19H18N2O2S. The van der Waals surface area contributed by atoms with Crippen LogP contribution in [0.25, 0.3) is 0 Å². The molecule has 5 heteroatoms. The molecule has 0 unspecified atom stereocenters. The zero-order valence-corrected chi connectivity index (χ0v) is 14.1. The standard InChI is InChI=1S/C19H18N2O2S/c1-14-6-5-9-16(12-14)23-13-17(22)21-18(19-20-10-11-24-19)15-7-3-2-4-8-15/h2-12,18H,13H2,1H3,(H,21,22)/t18-/m0/s1. The Labute approximate surface area is 145 Å². The molecule has 4 nitrogen and oxygen atoms in total. The summed E-state index contributed by atoms with van der Waals surface area (Å²) >= 11 is 1.52. The molecule has 0 saturated heterocycles. The molecule has 3 aromatic rings. The van der Waals surface area contributed by atoms with Crippen molar-refractivity contribution < 1.29 is 9.53 Å². The van der Waals surface area contributed by atoms with Crippen molar-refractivity contribution in [3.8, 4) is 5.75 Å². The number of hydrogen-bond acceptors (Lipinski definition) is 4. The minimum Gasteiger partial charge on any atom is -0.484 e. The summed E-state index contributed by atoms with van der Waals surface area (Å²) in [5, 5.41) is 5.76. The van der Waals surface area contributed by atoms with E-state index in [1.54, 1.807) is 6.20 Å². The average molecular weight is 338 g/mol. The van der Waals surface area contributed by atoms with Crippen molar-refractivity contribution >= 4 is 17.2 Å². The lowest BCUT2D eigenvalue weighted by Gasteiger charge is -2.17. The summed E-state index contributed by atoms with van der Waals surface area (Å²) in [6, 6.07) is 17.2. The van der Waals surface area contributed by atoms with Crippen molar-refractivity contribution in [1.82, 2.24) is 10.3 Å². The van der Waals surface area contributed by atoms with Crippen molar-refractivity contribution in [2.24, 2.45) is 0 Å². The predicted molar refractivity (Wildman–Crippen MR) is 95.2 cm³/mol. The Hall–Kier alpha value is -2.66. The molecular weight excluding hydrogens is 320 g/mol. The number of nitrogens with one attached hydrogen (secondary N) is 1. The molecule has 1 aromatic heterocycles. The van der Waals surface area contributed by atoms with Gasteiger partial charge in [-0.2, -0.15) is 0 Å². The molecule has 122 valence electrons. The van der Waals surface area contributed by atoms with Gasteiger partial charge in [-0.05, 0) is 30.2 Å². The van der Waals surface area contributed by atoms with Gasteiger partial charge in [0, 0.05) is 11.6 Å². The summed E-state index contributed by atoms with van der Waals surface area (Å²) in [6.07, 6.45) is 1.74. The number of hydrogen-bond donors (Lipinski definition) is 1. The lowest BCUT2D eigenvalue weighted by Crippen LogP contribution is -2.33. The fourth-order valence-corrected chi connectivity index (χ4v) is 3.08. The van der Waals surface area contributed by atoms with E-state index in [1.165, 1.54) is 11.3 Å².